The van der Waals surface area contributed by atoms with E-state index in [-0.39, 0.29) is 32.1 Å². The summed E-state index contributed by atoms with van der Waals surface area (Å²) in [6.45, 7) is 16.7. The van der Waals surface area contributed by atoms with Gasteiger partial charge in [-0.3, -0.25) is 0 Å². The molecule has 0 amide bonds. The van der Waals surface area contributed by atoms with Crippen molar-refractivity contribution in [1.29, 1.82) is 5.26 Å². The van der Waals surface area contributed by atoms with Gasteiger partial charge in [-0.05, 0) is 6.61 Å². The normalized spacial score (nSPS) is 13.0. The van der Waals surface area contributed by atoms with Crippen LogP contribution in [0.4, 0.5) is 0 Å². The van der Waals surface area contributed by atoms with Gasteiger partial charge in [0.15, 0.2) is 5.75 Å². The van der Waals surface area contributed by atoms with Gasteiger partial charge < -0.3 is 30.8 Å². The van der Waals surface area contributed by atoms with Gasteiger partial charge in [-0.15, -0.1) is 13.1 Å². The van der Waals surface area contributed by atoms with Crippen LogP contribution in [0.1, 0.15) is 30.5 Å². The Morgan fingerprint density at radius 2 is 1.76 bits per heavy atom. The van der Waals surface area contributed by atoms with Crippen molar-refractivity contribution in [2.45, 2.75) is 19.3 Å². The van der Waals surface area contributed by atoms with E-state index < -0.39 is 36.6 Å². The third kappa shape index (κ3) is 12.0. The van der Waals surface area contributed by atoms with Gasteiger partial charge in [-0.25, -0.2) is 0 Å². The van der Waals surface area contributed by atoms with Gasteiger partial charge in [-0.1, -0.05) is 11.6 Å². The number of nitriles is 1. The molecule has 0 radical (unpaired) electrons. The van der Waals surface area contributed by atoms with Crippen molar-refractivity contribution in [3.63, 3.8) is 0 Å². The van der Waals surface area contributed by atoms with Crippen LogP contribution in [0.3, 0.4) is 0 Å². The van der Waals surface area contributed by atoms with Gasteiger partial charge in [-0.2, -0.15) is 5.26 Å². The molecule has 2 aromatic carbocycles. The molecule has 12 heteroatoms. The van der Waals surface area contributed by atoms with Crippen LogP contribution in [0.25, 0.3) is 0 Å². The first-order valence-electron chi connectivity index (χ1n) is 12.2. The van der Waals surface area contributed by atoms with E-state index in [0.29, 0.717) is 33.6 Å². The first-order valence-corrected chi connectivity index (χ1v) is 16.9. The van der Waals surface area contributed by atoms with Gasteiger partial charge in [0.05, 0.1) is 10.6 Å². The topological polar surface area (TPSA) is 113 Å². The molecule has 1 aliphatic rings. The van der Waals surface area contributed by atoms with E-state index in [1.54, 1.807) is 6.07 Å². The maximum atomic E-state index is 11.5. The Morgan fingerprint density at radius 3 is 2.29 bits per heavy atom. The summed E-state index contributed by atoms with van der Waals surface area (Å²) >= 11 is 5.97. The zero-order valence-corrected chi connectivity index (χ0v) is 27.6. The minimum atomic E-state index is -3.40. The molecule has 2 aromatic rings. The standard InChI is InChI=1S/C25H25ClIN3O4S.C4H9N.Li/c1-5-33-24-17(15-28)12-19(13-22(24)26)25(2,3)18-6-8-21(9-7-18)34-16-20-10-11-27-14-23(29-20)30-35(4,31)32;1-3-5-4-2;/h6-14,30H,1,5,16H2,2-4H3;5H,1-4H2;/q2*-2;+1. The Labute approximate surface area is 272 Å². The molecule has 0 fully saturated rings. The maximum absolute atomic E-state index is 11.5. The number of benzene rings is 2. The SMILES string of the molecule is [CH2-]CNC[CH2-].[CH2-]COc1c(Cl)cc(C(C)(C)c2ccc(OCC3=NC(NS(C)(=O)=O)=C[I-]C=C3)cc2)cc1C#N.[Li+]. The average Bonchev–Trinajstić information content (AvgIpc) is 3.13. The van der Waals surface area contributed by atoms with Crippen molar-refractivity contribution in [2.75, 3.05) is 32.6 Å². The molecule has 0 unspecified atom stereocenters. The molecule has 2 N–H and O–H groups in total. The van der Waals surface area contributed by atoms with Crippen molar-refractivity contribution < 1.29 is 58.0 Å². The number of aliphatic imine (C=N–C) groups is 1. The first kappa shape index (κ1) is 37.0. The van der Waals surface area contributed by atoms with E-state index in [2.05, 4.69) is 41.9 Å². The first-order chi connectivity index (χ1) is 18.9. The van der Waals surface area contributed by atoms with Crippen molar-refractivity contribution in [3.05, 3.63) is 98.9 Å². The van der Waals surface area contributed by atoms with Gasteiger partial charge in [0, 0.05) is 0 Å². The van der Waals surface area contributed by atoms with Crippen LogP contribution in [0.2, 0.25) is 5.02 Å². The Balaban J connectivity index is 0.00000129. The van der Waals surface area contributed by atoms with E-state index in [4.69, 9.17) is 21.1 Å². The summed E-state index contributed by atoms with van der Waals surface area (Å²) < 4.78 is 40.6. The van der Waals surface area contributed by atoms with E-state index in [1.807, 2.05) is 58.4 Å². The number of nitrogens with zero attached hydrogens (tertiary/aromatic N) is 2. The van der Waals surface area contributed by atoms with Crippen LogP contribution in [0.15, 0.2) is 61.5 Å². The van der Waals surface area contributed by atoms with Crippen molar-refractivity contribution >= 4 is 27.3 Å². The van der Waals surface area contributed by atoms with Gasteiger partial charge in [0.2, 0.25) is 0 Å². The van der Waals surface area contributed by atoms with E-state index >= 15 is 0 Å². The Bertz CT molecular complexity index is 1390. The quantitative estimate of drug-likeness (QED) is 0.173. The van der Waals surface area contributed by atoms with Gasteiger partial charge >= 0.3 is 184 Å². The monoisotopic (exact) mass is 703 g/mol. The molecule has 218 valence electrons. The van der Waals surface area contributed by atoms with E-state index in [0.717, 1.165) is 30.5 Å². The van der Waals surface area contributed by atoms with Crippen LogP contribution in [0.5, 0.6) is 11.5 Å². The number of rotatable bonds is 11. The molecule has 1 heterocycles. The molecule has 0 aromatic heterocycles. The van der Waals surface area contributed by atoms with Crippen molar-refractivity contribution in [1.82, 2.24) is 10.0 Å². The molecular weight excluding hydrogens is 670 g/mol. The van der Waals surface area contributed by atoms with Gasteiger partial charge in [0.25, 0.3) is 0 Å². The predicted octanol–water partition coefficient (Wildman–Crippen LogP) is -1.22. The summed E-state index contributed by atoms with van der Waals surface area (Å²) in [5, 5.41) is 12.8. The van der Waals surface area contributed by atoms with Crippen LogP contribution >= 0.6 is 11.6 Å². The molecule has 0 atom stereocenters. The molecule has 0 bridgehead atoms. The molecule has 3 rings (SSSR count). The third-order valence-electron chi connectivity index (χ3n) is 5.50. The number of ether oxygens (including phenoxy) is 2. The third-order valence-corrected chi connectivity index (χ3v) is 8.08. The van der Waals surface area contributed by atoms with Crippen LogP contribution < -0.4 is 59.6 Å². The van der Waals surface area contributed by atoms with E-state index in [1.165, 1.54) is 0 Å². The van der Waals surface area contributed by atoms with Gasteiger partial charge in [0.1, 0.15) is 6.07 Å². The van der Waals surface area contributed by atoms with Crippen molar-refractivity contribution in [3.8, 4) is 17.6 Å². The van der Waals surface area contributed by atoms with Crippen molar-refractivity contribution in [2.24, 2.45) is 4.99 Å². The number of hydrogen-bond donors (Lipinski definition) is 2. The molecule has 8 nitrogen and oxygen atoms in total. The summed E-state index contributed by atoms with van der Waals surface area (Å²) in [7, 11) is -3.40. The fourth-order valence-corrected chi connectivity index (χ4v) is 5.88. The Morgan fingerprint density at radius 1 is 1.10 bits per heavy atom. The zero-order valence-electron chi connectivity index (χ0n) is 23.8. The fraction of sp³-hybridized carbons (Fsp3) is 0.276. The second-order valence-corrected chi connectivity index (χ2v) is 13.1. The zero-order chi connectivity index (χ0) is 29.8. The fourth-order valence-electron chi connectivity index (χ4n) is 3.44. The summed E-state index contributed by atoms with van der Waals surface area (Å²) in [4.78, 5) is 4.37. The second-order valence-electron chi connectivity index (χ2n) is 8.87. The minimum Gasteiger partial charge on any atom is -0.192 e. The molecule has 0 aliphatic carbocycles. The number of sulfonamides is 1. The summed E-state index contributed by atoms with van der Waals surface area (Å²) in [5.41, 5.74) is 2.43. The summed E-state index contributed by atoms with van der Waals surface area (Å²) in [6, 6.07) is 13.4. The summed E-state index contributed by atoms with van der Waals surface area (Å²) in [6.07, 6.45) is 2.95. The molecular formula is C29H34ClILiN4O4S-3. The molecule has 0 spiro atoms. The second kappa shape index (κ2) is 17.8. The molecule has 0 saturated heterocycles. The van der Waals surface area contributed by atoms with Crippen LogP contribution in [-0.4, -0.2) is 46.7 Å². The Hall–Kier alpha value is -1.99. The number of nitrogens with one attached hydrogen (secondary N) is 2. The van der Waals surface area contributed by atoms with Crippen LogP contribution in [-0.2, 0) is 15.4 Å². The summed E-state index contributed by atoms with van der Waals surface area (Å²) in [5.74, 6) is 1.31. The molecule has 1 aliphatic heterocycles. The number of halogens is 2. The van der Waals surface area contributed by atoms with Crippen LogP contribution in [0, 0.1) is 32.1 Å². The smallest absolute Gasteiger partial charge is 0.192 e. The van der Waals surface area contributed by atoms with E-state index in [9.17, 15) is 13.7 Å². The minimum absolute atomic E-state index is 0. The predicted molar refractivity (Wildman–Crippen MR) is 157 cm³/mol. The average molecular weight is 704 g/mol. The number of hydrogen-bond acceptors (Lipinski definition) is 7. The molecule has 0 saturated carbocycles. The molecule has 41 heavy (non-hydrogen) atoms. The Kier molecular flexibility index (Phi) is 16.1.